The van der Waals surface area contributed by atoms with Gasteiger partial charge in [-0.3, -0.25) is 19.6 Å². The van der Waals surface area contributed by atoms with E-state index in [9.17, 15) is 28.1 Å². The van der Waals surface area contributed by atoms with Crippen molar-refractivity contribution in [1.29, 1.82) is 0 Å². The first-order valence-electron chi connectivity index (χ1n) is 11.3. The average molecular weight is 488 g/mol. The number of nitro benzene ring substituents is 1. The smallest absolute Gasteiger partial charge is 0.362 e. The molecule has 12 heteroatoms. The number of nitro groups is 1. The van der Waals surface area contributed by atoms with Crippen molar-refractivity contribution in [3.8, 4) is 0 Å². The van der Waals surface area contributed by atoms with Crippen molar-refractivity contribution in [3.63, 3.8) is 0 Å². The predicted octanol–water partition coefficient (Wildman–Crippen LogP) is 4.04. The van der Waals surface area contributed by atoms with Crippen LogP contribution in [0.2, 0.25) is 0 Å². The molecular formula is C23H23F3N6O3. The van der Waals surface area contributed by atoms with Crippen LogP contribution >= 0.6 is 0 Å². The molecule has 0 atom stereocenters. The number of alkyl halides is 3. The summed E-state index contributed by atoms with van der Waals surface area (Å²) in [5.41, 5.74) is 1.23. The molecule has 0 spiro atoms. The van der Waals surface area contributed by atoms with E-state index in [1.807, 2.05) is 13.0 Å². The van der Waals surface area contributed by atoms with Gasteiger partial charge in [-0.1, -0.05) is 0 Å². The first-order chi connectivity index (χ1) is 16.5. The third kappa shape index (κ3) is 4.17. The Labute approximate surface area is 198 Å². The van der Waals surface area contributed by atoms with Crippen molar-refractivity contribution in [3.05, 3.63) is 56.9 Å². The molecule has 2 aliphatic rings. The van der Waals surface area contributed by atoms with Crippen LogP contribution in [0.4, 0.5) is 24.5 Å². The molecule has 1 aromatic carbocycles. The number of amides is 1. The van der Waals surface area contributed by atoms with E-state index in [1.54, 1.807) is 21.5 Å². The second-order valence-electron chi connectivity index (χ2n) is 9.01. The molecule has 1 aliphatic carbocycles. The minimum absolute atomic E-state index is 0.112. The lowest BCUT2D eigenvalue weighted by Crippen LogP contribution is -2.49. The van der Waals surface area contributed by atoms with E-state index in [0.717, 1.165) is 30.7 Å². The molecule has 0 radical (unpaired) electrons. The van der Waals surface area contributed by atoms with Crippen LogP contribution in [-0.4, -0.2) is 56.7 Å². The summed E-state index contributed by atoms with van der Waals surface area (Å²) < 4.78 is 40.8. The molecule has 5 rings (SSSR count). The summed E-state index contributed by atoms with van der Waals surface area (Å²) in [7, 11) is 1.79. The minimum Gasteiger partial charge on any atom is -0.362 e. The minimum atomic E-state index is -4.67. The highest BCUT2D eigenvalue weighted by Crippen LogP contribution is 2.41. The fourth-order valence-electron chi connectivity index (χ4n) is 4.66. The Bertz CT molecular complexity index is 1340. The van der Waals surface area contributed by atoms with E-state index in [1.165, 1.54) is 0 Å². The molecule has 184 valence electrons. The molecule has 1 saturated carbocycles. The number of rotatable bonds is 4. The van der Waals surface area contributed by atoms with Crippen molar-refractivity contribution in [2.75, 3.05) is 31.1 Å². The monoisotopic (exact) mass is 488 g/mol. The lowest BCUT2D eigenvalue weighted by Gasteiger charge is -2.36. The molecule has 35 heavy (non-hydrogen) atoms. The van der Waals surface area contributed by atoms with Crippen LogP contribution < -0.4 is 4.90 Å². The van der Waals surface area contributed by atoms with E-state index < -0.39 is 22.4 Å². The maximum atomic E-state index is 13.6. The third-order valence-electron chi connectivity index (χ3n) is 6.62. The molecule has 1 aliphatic heterocycles. The third-order valence-corrected chi connectivity index (χ3v) is 6.62. The van der Waals surface area contributed by atoms with Gasteiger partial charge in [0.15, 0.2) is 5.65 Å². The number of aromatic nitrogens is 3. The Kier molecular flexibility index (Phi) is 5.41. The van der Waals surface area contributed by atoms with Crippen molar-refractivity contribution in [1.82, 2.24) is 19.7 Å². The van der Waals surface area contributed by atoms with Gasteiger partial charge in [0.2, 0.25) is 0 Å². The Balaban J connectivity index is 1.40. The number of hydrogen-bond acceptors (Lipinski definition) is 6. The van der Waals surface area contributed by atoms with Crippen LogP contribution in [0.25, 0.3) is 11.0 Å². The first kappa shape index (κ1) is 23.1. The van der Waals surface area contributed by atoms with Crippen molar-refractivity contribution < 1.29 is 22.9 Å². The van der Waals surface area contributed by atoms with E-state index in [-0.39, 0.29) is 37.8 Å². The van der Waals surface area contributed by atoms with Gasteiger partial charge >= 0.3 is 6.18 Å². The summed E-state index contributed by atoms with van der Waals surface area (Å²) >= 11 is 0. The highest BCUT2D eigenvalue weighted by atomic mass is 19.4. The SMILES string of the molecule is Cc1nn(C)c2nc(C3CC3)cc(C(=O)N3CCN(c4ccc(C(F)(F)F)cc4[N+](=O)[O-])CC3)c12. The molecule has 0 unspecified atom stereocenters. The molecule has 0 N–H and O–H groups in total. The largest absolute Gasteiger partial charge is 0.416 e. The van der Waals surface area contributed by atoms with Crippen LogP contribution in [-0.2, 0) is 13.2 Å². The van der Waals surface area contributed by atoms with Crippen molar-refractivity contribution in [2.45, 2.75) is 31.9 Å². The predicted molar refractivity (Wildman–Crippen MR) is 121 cm³/mol. The first-order valence-corrected chi connectivity index (χ1v) is 11.3. The number of anilines is 1. The van der Waals surface area contributed by atoms with Gasteiger partial charge in [-0.15, -0.1) is 0 Å². The summed E-state index contributed by atoms with van der Waals surface area (Å²) in [6, 6.07) is 4.39. The Morgan fingerprint density at radius 3 is 2.43 bits per heavy atom. The zero-order valence-corrected chi connectivity index (χ0v) is 19.2. The average Bonchev–Trinajstić information content (AvgIpc) is 3.63. The van der Waals surface area contributed by atoms with Crippen LogP contribution in [0, 0.1) is 17.0 Å². The topological polar surface area (TPSA) is 97.4 Å². The zero-order chi connectivity index (χ0) is 25.1. The van der Waals surface area contributed by atoms with Gasteiger partial charge in [0, 0.05) is 50.9 Å². The molecule has 0 bridgehead atoms. The second kappa shape index (κ2) is 8.21. The Hall–Kier alpha value is -3.70. The van der Waals surface area contributed by atoms with Crippen LogP contribution in [0.1, 0.15) is 46.1 Å². The molecular weight excluding hydrogens is 465 g/mol. The molecule has 3 heterocycles. The molecule has 9 nitrogen and oxygen atoms in total. The number of fused-ring (bicyclic) bond motifs is 1. The quantitative estimate of drug-likeness (QED) is 0.406. The van der Waals surface area contributed by atoms with Gasteiger partial charge < -0.3 is 9.80 Å². The number of carbonyl (C=O) groups excluding carboxylic acids is 1. The second-order valence-corrected chi connectivity index (χ2v) is 9.01. The van der Waals surface area contributed by atoms with E-state index in [0.29, 0.717) is 34.3 Å². The molecule has 2 aromatic heterocycles. The molecule has 1 amide bonds. The number of carbonyl (C=O) groups is 1. The number of piperazine rings is 1. The summed E-state index contributed by atoms with van der Waals surface area (Å²) in [6.07, 6.45) is -2.60. The number of aryl methyl sites for hydroxylation is 2. The summed E-state index contributed by atoms with van der Waals surface area (Å²) in [4.78, 5) is 32.3. The van der Waals surface area contributed by atoms with Crippen LogP contribution in [0.3, 0.4) is 0 Å². The molecule has 1 saturated heterocycles. The normalized spacial score (nSPS) is 16.7. The summed E-state index contributed by atoms with van der Waals surface area (Å²) in [5.74, 6) is 0.176. The number of pyridine rings is 1. The maximum absolute atomic E-state index is 13.6. The van der Waals surface area contributed by atoms with E-state index >= 15 is 0 Å². The van der Waals surface area contributed by atoms with E-state index in [4.69, 9.17) is 4.98 Å². The molecule has 3 aromatic rings. The highest BCUT2D eigenvalue weighted by Gasteiger charge is 2.35. The van der Waals surface area contributed by atoms with Gasteiger partial charge in [0.25, 0.3) is 11.6 Å². The zero-order valence-electron chi connectivity index (χ0n) is 19.2. The van der Waals surface area contributed by atoms with Gasteiger partial charge in [-0.25, -0.2) is 4.98 Å². The van der Waals surface area contributed by atoms with Gasteiger partial charge in [-0.2, -0.15) is 18.3 Å². The maximum Gasteiger partial charge on any atom is 0.416 e. The van der Waals surface area contributed by atoms with Crippen LogP contribution in [0.5, 0.6) is 0 Å². The number of nitrogens with zero attached hydrogens (tertiary/aromatic N) is 6. The standard InChI is InChI=1S/C23H23F3N6O3/c1-13-20-16(12-17(14-3-4-14)27-21(20)29(2)28-13)22(33)31-9-7-30(8-10-31)18-6-5-15(23(24,25)26)11-19(18)32(34)35/h5-6,11-12,14H,3-4,7-10H2,1-2H3. The lowest BCUT2D eigenvalue weighted by molar-refractivity contribution is -0.384. The Morgan fingerprint density at radius 2 is 1.83 bits per heavy atom. The summed E-state index contributed by atoms with van der Waals surface area (Å²) in [5, 5.41) is 16.6. The fourth-order valence-corrected chi connectivity index (χ4v) is 4.66. The van der Waals surface area contributed by atoms with Crippen molar-refractivity contribution in [2.24, 2.45) is 7.05 Å². The number of benzene rings is 1. The lowest BCUT2D eigenvalue weighted by atomic mass is 10.1. The van der Waals surface area contributed by atoms with Crippen LogP contribution in [0.15, 0.2) is 24.3 Å². The van der Waals surface area contributed by atoms with Gasteiger partial charge in [-0.05, 0) is 38.0 Å². The summed E-state index contributed by atoms with van der Waals surface area (Å²) in [6.45, 7) is 2.90. The van der Waals surface area contributed by atoms with Gasteiger partial charge in [0.1, 0.15) is 5.69 Å². The number of hydrogen-bond donors (Lipinski definition) is 0. The van der Waals surface area contributed by atoms with Crippen molar-refractivity contribution >= 4 is 28.3 Å². The number of halogens is 3. The fraction of sp³-hybridized carbons (Fsp3) is 0.435. The Morgan fingerprint density at radius 1 is 1.14 bits per heavy atom. The van der Waals surface area contributed by atoms with Gasteiger partial charge in [0.05, 0.1) is 27.1 Å². The van der Waals surface area contributed by atoms with E-state index in [2.05, 4.69) is 5.10 Å². The molecule has 2 fully saturated rings. The highest BCUT2D eigenvalue weighted by molar-refractivity contribution is 6.06.